The van der Waals surface area contributed by atoms with Crippen LogP contribution in [0.5, 0.6) is 11.5 Å². The summed E-state index contributed by atoms with van der Waals surface area (Å²) in [6.07, 6.45) is 16.6. The van der Waals surface area contributed by atoms with E-state index in [9.17, 15) is 14.7 Å². The molecule has 0 saturated heterocycles. The molecular formula is C45H58ClN3O5. The number of anilines is 1. The maximum Gasteiger partial charge on any atom is 0.329 e. The minimum absolute atomic E-state index is 0.119. The molecule has 2 fully saturated rings. The summed E-state index contributed by atoms with van der Waals surface area (Å²) in [6, 6.07) is 16.2. The topological polar surface area (TPSA) is 110 Å². The van der Waals surface area contributed by atoms with E-state index in [-0.39, 0.29) is 11.3 Å². The molecule has 9 heteroatoms. The number of amides is 1. The lowest BCUT2D eigenvalue weighted by molar-refractivity contribution is -0.144. The van der Waals surface area contributed by atoms with Crippen molar-refractivity contribution in [2.75, 3.05) is 18.5 Å². The van der Waals surface area contributed by atoms with E-state index in [1.807, 2.05) is 24.4 Å². The van der Waals surface area contributed by atoms with Gasteiger partial charge < -0.3 is 25.2 Å². The number of aliphatic carboxylic acids is 1. The minimum atomic E-state index is -1.08. The molecule has 2 saturated carbocycles. The van der Waals surface area contributed by atoms with E-state index in [4.69, 9.17) is 21.1 Å². The normalized spacial score (nSPS) is 25.7. The van der Waals surface area contributed by atoms with Crippen molar-refractivity contribution in [1.82, 2.24) is 10.3 Å². The molecule has 1 heterocycles. The summed E-state index contributed by atoms with van der Waals surface area (Å²) in [5, 5.41) is 17.9. The Hall–Kier alpha value is -3.78. The Kier molecular flexibility index (Phi) is 12.1. The lowest BCUT2D eigenvalue weighted by atomic mass is 9.59. The molecule has 2 aromatic carbocycles. The van der Waals surface area contributed by atoms with Gasteiger partial charge in [-0.25, -0.2) is 4.79 Å². The number of hydrogen-bond donors (Lipinski definition) is 3. The number of hydrogen-bond acceptors (Lipinski definition) is 6. The van der Waals surface area contributed by atoms with Gasteiger partial charge in [0, 0.05) is 40.6 Å². The predicted molar refractivity (Wildman–Crippen MR) is 214 cm³/mol. The van der Waals surface area contributed by atoms with Crippen molar-refractivity contribution in [1.29, 1.82) is 0 Å². The number of aromatic nitrogens is 1. The predicted octanol–water partition coefficient (Wildman–Crippen LogP) is 9.81. The van der Waals surface area contributed by atoms with Gasteiger partial charge in [0.1, 0.15) is 17.0 Å². The molecule has 3 aromatic rings. The zero-order chi connectivity index (χ0) is 37.7. The van der Waals surface area contributed by atoms with E-state index in [0.29, 0.717) is 67.7 Å². The number of fused-ring (bicyclic) bond motifs is 3. The molecule has 4 aliphatic carbocycles. The SMILES string of the molecule is C[C@@H](COc1ccnc2c1[C@H](C)CCC2)CC1Cc2ccc(OCCCC(=O)NC3CCCCC3)cc2C12CCC(Nc1cccc(Cl)c1)(C(=O)O)CC2. The fourth-order valence-corrected chi connectivity index (χ4v) is 10.3. The summed E-state index contributed by atoms with van der Waals surface area (Å²) < 4.78 is 12.9. The van der Waals surface area contributed by atoms with Gasteiger partial charge in [-0.1, -0.05) is 56.8 Å². The molecule has 3 atom stereocenters. The average Bonchev–Trinajstić information content (AvgIpc) is 3.45. The van der Waals surface area contributed by atoms with E-state index in [1.54, 1.807) is 12.1 Å². The van der Waals surface area contributed by atoms with Crippen molar-refractivity contribution in [2.45, 2.75) is 139 Å². The van der Waals surface area contributed by atoms with Crippen LogP contribution in [0.4, 0.5) is 5.69 Å². The van der Waals surface area contributed by atoms with Crippen molar-refractivity contribution in [2.24, 2.45) is 11.8 Å². The molecule has 1 aromatic heterocycles. The Bertz CT molecular complexity index is 1780. The largest absolute Gasteiger partial charge is 0.494 e. The first-order valence-corrected chi connectivity index (χ1v) is 21.0. The summed E-state index contributed by atoms with van der Waals surface area (Å²) in [5.74, 6) is 2.19. The zero-order valence-electron chi connectivity index (χ0n) is 32.1. The Morgan fingerprint density at radius 3 is 2.59 bits per heavy atom. The van der Waals surface area contributed by atoms with E-state index in [0.717, 1.165) is 62.1 Å². The molecule has 290 valence electrons. The highest BCUT2D eigenvalue weighted by molar-refractivity contribution is 6.30. The summed E-state index contributed by atoms with van der Waals surface area (Å²) in [4.78, 5) is 30.3. The van der Waals surface area contributed by atoms with Gasteiger partial charge in [0.15, 0.2) is 0 Å². The smallest absolute Gasteiger partial charge is 0.329 e. The minimum Gasteiger partial charge on any atom is -0.494 e. The number of carboxylic acids is 1. The van der Waals surface area contributed by atoms with Crippen LogP contribution in [0.2, 0.25) is 5.02 Å². The molecule has 0 radical (unpaired) electrons. The molecule has 1 amide bonds. The van der Waals surface area contributed by atoms with Gasteiger partial charge >= 0.3 is 5.97 Å². The Labute approximate surface area is 326 Å². The van der Waals surface area contributed by atoms with Crippen LogP contribution in [0.1, 0.15) is 132 Å². The van der Waals surface area contributed by atoms with Crippen LogP contribution in [0.3, 0.4) is 0 Å². The molecule has 54 heavy (non-hydrogen) atoms. The average molecular weight is 756 g/mol. The van der Waals surface area contributed by atoms with Crippen LogP contribution in [0, 0.1) is 11.8 Å². The number of aryl methyl sites for hydroxylation is 1. The molecule has 1 spiro atoms. The molecule has 4 aliphatic rings. The second-order valence-electron chi connectivity index (χ2n) is 16.9. The molecule has 7 rings (SSSR count). The lowest BCUT2D eigenvalue weighted by Gasteiger charge is -2.47. The fourth-order valence-electron chi connectivity index (χ4n) is 10.1. The number of halogens is 1. The molecule has 1 unspecified atom stereocenters. The van der Waals surface area contributed by atoms with Crippen molar-refractivity contribution in [3.05, 3.63) is 82.1 Å². The van der Waals surface area contributed by atoms with Crippen molar-refractivity contribution >= 4 is 29.2 Å². The number of pyridine rings is 1. The number of carbonyl (C=O) groups is 2. The zero-order valence-corrected chi connectivity index (χ0v) is 32.9. The Morgan fingerprint density at radius 1 is 1.00 bits per heavy atom. The summed E-state index contributed by atoms with van der Waals surface area (Å²) >= 11 is 6.30. The molecule has 0 bridgehead atoms. The third kappa shape index (κ3) is 8.54. The monoisotopic (exact) mass is 755 g/mol. The number of carboxylic acid groups (broad SMARTS) is 1. The van der Waals surface area contributed by atoms with Gasteiger partial charge in [-0.3, -0.25) is 9.78 Å². The van der Waals surface area contributed by atoms with E-state index >= 15 is 0 Å². The lowest BCUT2D eigenvalue weighted by Crippen LogP contribution is -2.53. The van der Waals surface area contributed by atoms with E-state index < -0.39 is 11.5 Å². The van der Waals surface area contributed by atoms with E-state index in [1.165, 1.54) is 54.5 Å². The summed E-state index contributed by atoms with van der Waals surface area (Å²) in [7, 11) is 0. The third-order valence-corrected chi connectivity index (χ3v) is 13.3. The summed E-state index contributed by atoms with van der Waals surface area (Å²) in [6.45, 7) is 5.68. The quantitative estimate of drug-likeness (QED) is 0.141. The number of benzene rings is 2. The highest BCUT2D eigenvalue weighted by Gasteiger charge is 2.54. The first kappa shape index (κ1) is 38.5. The molecular weight excluding hydrogens is 698 g/mol. The fraction of sp³-hybridized carbons (Fsp3) is 0.578. The van der Waals surface area contributed by atoms with Crippen molar-refractivity contribution in [3.63, 3.8) is 0 Å². The van der Waals surface area contributed by atoms with Crippen LogP contribution in [0.15, 0.2) is 54.7 Å². The first-order valence-electron chi connectivity index (χ1n) is 20.6. The second-order valence-corrected chi connectivity index (χ2v) is 17.3. The second kappa shape index (κ2) is 16.9. The maximum absolute atomic E-state index is 13.0. The van der Waals surface area contributed by atoms with Gasteiger partial charge in [0.25, 0.3) is 0 Å². The van der Waals surface area contributed by atoms with Gasteiger partial charge in [-0.2, -0.15) is 0 Å². The standard InChI is InChI=1S/C45H58ClN3O5/c1-30(29-54-40-18-23-47-39-14-6-9-31(2)42(39)40)25-33-26-32-16-17-37(53-24-8-15-41(50)48-35-11-4-3-5-12-35)28-38(32)44(33)19-21-45(22-20-44,43(51)52)49-36-13-7-10-34(46)27-36/h7,10,13,16-18,23,27-28,30-31,33,35,49H,3-6,8-9,11-12,14-15,19-22,24-26,29H2,1-2H3,(H,48,50)(H,51,52)/t30-,31-,33?,44?,45?/m1/s1. The summed E-state index contributed by atoms with van der Waals surface area (Å²) in [5.41, 5.74) is 4.55. The third-order valence-electron chi connectivity index (χ3n) is 13.1. The molecule has 8 nitrogen and oxygen atoms in total. The number of nitrogens with zero attached hydrogens (tertiary/aromatic N) is 1. The number of ether oxygens (including phenoxy) is 2. The number of rotatable bonds is 14. The van der Waals surface area contributed by atoms with Crippen molar-refractivity contribution in [3.8, 4) is 11.5 Å². The number of carbonyl (C=O) groups excluding carboxylic acids is 1. The van der Waals surface area contributed by atoms with Crippen LogP contribution < -0.4 is 20.1 Å². The first-order chi connectivity index (χ1) is 26.1. The van der Waals surface area contributed by atoms with Crippen LogP contribution in [-0.2, 0) is 27.8 Å². The maximum atomic E-state index is 13.0. The highest BCUT2D eigenvalue weighted by atomic mass is 35.5. The van der Waals surface area contributed by atoms with Gasteiger partial charge in [0.05, 0.1) is 13.2 Å². The van der Waals surface area contributed by atoms with Gasteiger partial charge in [-0.05, 0) is 148 Å². The van der Waals surface area contributed by atoms with Crippen LogP contribution >= 0.6 is 11.6 Å². The Morgan fingerprint density at radius 2 is 1.81 bits per heavy atom. The van der Waals surface area contributed by atoms with E-state index in [2.05, 4.69) is 47.7 Å². The van der Waals surface area contributed by atoms with Crippen molar-refractivity contribution < 1.29 is 24.2 Å². The Balaban J connectivity index is 1.06. The van der Waals surface area contributed by atoms with Gasteiger partial charge in [0.2, 0.25) is 5.91 Å². The molecule has 0 aliphatic heterocycles. The van der Waals surface area contributed by atoms with Crippen LogP contribution in [0.25, 0.3) is 0 Å². The number of nitrogens with one attached hydrogen (secondary N) is 2. The highest BCUT2D eigenvalue weighted by Crippen LogP contribution is 2.57. The molecule has 3 N–H and O–H groups in total. The van der Waals surface area contributed by atoms with Crippen LogP contribution in [-0.4, -0.2) is 46.8 Å². The van der Waals surface area contributed by atoms with Gasteiger partial charge in [-0.15, -0.1) is 0 Å².